The summed E-state index contributed by atoms with van der Waals surface area (Å²) in [6, 6.07) is 0.148. The van der Waals surface area contributed by atoms with Crippen molar-refractivity contribution in [2.45, 2.75) is 38.6 Å². The number of nitrogens with two attached hydrogens (primary N) is 1. The van der Waals surface area contributed by atoms with Crippen LogP contribution in [0, 0.1) is 0 Å². The number of carbonyl (C=O) groups is 1. The first-order chi connectivity index (χ1) is 8.61. The third-order valence-electron chi connectivity index (χ3n) is 3.32. The predicted molar refractivity (Wildman–Crippen MR) is 64.5 cm³/mol. The molecule has 2 N–H and O–H groups in total. The van der Waals surface area contributed by atoms with Crippen molar-refractivity contribution < 1.29 is 9.53 Å². The fourth-order valence-corrected chi connectivity index (χ4v) is 2.17. The van der Waals surface area contributed by atoms with Gasteiger partial charge in [0.1, 0.15) is 6.54 Å². The minimum Gasteiger partial charge on any atom is -0.376 e. The molecule has 0 bridgehead atoms. The van der Waals surface area contributed by atoms with Crippen molar-refractivity contribution in [1.29, 1.82) is 0 Å². The molecular formula is C11H19N5O2. The second-order valence-electron chi connectivity index (χ2n) is 4.55. The van der Waals surface area contributed by atoms with Crippen molar-refractivity contribution in [1.82, 2.24) is 19.9 Å². The molecule has 0 radical (unpaired) electrons. The van der Waals surface area contributed by atoms with Crippen LogP contribution in [0.25, 0.3) is 0 Å². The molecule has 18 heavy (non-hydrogen) atoms. The molecule has 7 heteroatoms. The highest BCUT2D eigenvalue weighted by atomic mass is 16.5. The summed E-state index contributed by atoms with van der Waals surface area (Å²) in [6.45, 7) is 3.22. The first-order valence-corrected chi connectivity index (χ1v) is 6.08. The fraction of sp³-hybridized carbons (Fsp3) is 0.727. The van der Waals surface area contributed by atoms with Crippen LogP contribution in [0.5, 0.6) is 0 Å². The summed E-state index contributed by atoms with van der Waals surface area (Å²) in [5.74, 6) is 0.00539. The number of likely N-dealkylation sites (N-methyl/N-ethyl adjacent to an activating group) is 1. The van der Waals surface area contributed by atoms with E-state index >= 15 is 0 Å². The van der Waals surface area contributed by atoms with Crippen LogP contribution in [0.2, 0.25) is 0 Å². The number of rotatable bonds is 4. The van der Waals surface area contributed by atoms with E-state index in [4.69, 9.17) is 10.5 Å². The van der Waals surface area contributed by atoms with Gasteiger partial charge in [-0.15, -0.1) is 5.10 Å². The van der Waals surface area contributed by atoms with Crippen molar-refractivity contribution in [2.75, 3.05) is 13.7 Å². The molecule has 1 aromatic heterocycles. The van der Waals surface area contributed by atoms with Crippen LogP contribution in [0.3, 0.4) is 0 Å². The van der Waals surface area contributed by atoms with Crippen LogP contribution in [0.4, 0.5) is 0 Å². The molecule has 1 aliphatic rings. The van der Waals surface area contributed by atoms with E-state index in [-0.39, 0.29) is 24.6 Å². The smallest absolute Gasteiger partial charge is 0.244 e. The average Bonchev–Trinajstić information content (AvgIpc) is 2.97. The largest absolute Gasteiger partial charge is 0.376 e. The molecule has 0 aromatic carbocycles. The highest BCUT2D eigenvalue weighted by molar-refractivity contribution is 5.76. The number of aromatic nitrogens is 3. The Hall–Kier alpha value is -1.47. The first-order valence-electron chi connectivity index (χ1n) is 6.08. The third kappa shape index (κ3) is 2.68. The summed E-state index contributed by atoms with van der Waals surface area (Å²) in [7, 11) is 1.80. The Balaban J connectivity index is 1.94. The molecule has 100 valence electrons. The van der Waals surface area contributed by atoms with Crippen LogP contribution in [-0.2, 0) is 22.6 Å². The van der Waals surface area contributed by atoms with Crippen LogP contribution in [0.1, 0.15) is 19.0 Å². The highest BCUT2D eigenvalue weighted by Gasteiger charge is 2.30. The summed E-state index contributed by atoms with van der Waals surface area (Å²) < 4.78 is 6.98. The molecule has 2 heterocycles. The Morgan fingerprint density at radius 3 is 3.06 bits per heavy atom. The van der Waals surface area contributed by atoms with Gasteiger partial charge in [-0.3, -0.25) is 4.79 Å². The minimum atomic E-state index is 0.00539. The van der Waals surface area contributed by atoms with E-state index in [0.29, 0.717) is 18.8 Å². The van der Waals surface area contributed by atoms with Gasteiger partial charge in [-0.1, -0.05) is 5.21 Å². The van der Waals surface area contributed by atoms with Gasteiger partial charge in [0.2, 0.25) is 5.91 Å². The van der Waals surface area contributed by atoms with E-state index in [1.807, 2.05) is 6.92 Å². The number of ether oxygens (including phenoxy) is 1. The van der Waals surface area contributed by atoms with Gasteiger partial charge in [-0.2, -0.15) is 0 Å². The SMILES string of the molecule is CC1OCCC1N(C)C(=O)Cn1cc(CN)nn1. The molecule has 1 aliphatic heterocycles. The molecule has 2 atom stereocenters. The maximum atomic E-state index is 12.1. The van der Waals surface area contributed by atoms with Gasteiger partial charge in [-0.25, -0.2) is 4.68 Å². The van der Waals surface area contributed by atoms with Crippen LogP contribution in [0.15, 0.2) is 6.20 Å². The Kier molecular flexibility index (Phi) is 3.93. The Morgan fingerprint density at radius 2 is 2.50 bits per heavy atom. The molecule has 1 amide bonds. The monoisotopic (exact) mass is 253 g/mol. The zero-order chi connectivity index (χ0) is 13.1. The molecule has 0 spiro atoms. The van der Waals surface area contributed by atoms with Crippen molar-refractivity contribution in [3.05, 3.63) is 11.9 Å². The lowest BCUT2D eigenvalue weighted by molar-refractivity contribution is -0.133. The van der Waals surface area contributed by atoms with Crippen molar-refractivity contribution in [3.63, 3.8) is 0 Å². The normalized spacial score (nSPS) is 23.3. The summed E-state index contributed by atoms with van der Waals surface area (Å²) >= 11 is 0. The predicted octanol–water partition coefficient (Wildman–Crippen LogP) is -0.627. The van der Waals surface area contributed by atoms with Gasteiger partial charge < -0.3 is 15.4 Å². The maximum absolute atomic E-state index is 12.1. The Morgan fingerprint density at radius 1 is 1.72 bits per heavy atom. The molecule has 2 unspecified atom stereocenters. The molecule has 2 rings (SSSR count). The van der Waals surface area contributed by atoms with E-state index in [1.54, 1.807) is 18.1 Å². The van der Waals surface area contributed by atoms with Gasteiger partial charge >= 0.3 is 0 Å². The number of amides is 1. The van der Waals surface area contributed by atoms with E-state index < -0.39 is 0 Å². The number of hydrogen-bond acceptors (Lipinski definition) is 5. The topological polar surface area (TPSA) is 86.3 Å². The molecule has 7 nitrogen and oxygen atoms in total. The zero-order valence-corrected chi connectivity index (χ0v) is 10.7. The van der Waals surface area contributed by atoms with E-state index in [1.165, 1.54) is 4.68 Å². The lowest BCUT2D eigenvalue weighted by Crippen LogP contribution is -2.42. The first kappa shape index (κ1) is 13.0. The molecular weight excluding hydrogens is 234 g/mol. The number of nitrogens with zero attached hydrogens (tertiary/aromatic N) is 4. The maximum Gasteiger partial charge on any atom is 0.244 e. The van der Waals surface area contributed by atoms with Crippen molar-refractivity contribution in [3.8, 4) is 0 Å². The van der Waals surface area contributed by atoms with E-state index in [9.17, 15) is 4.79 Å². The molecule has 1 aromatic rings. The van der Waals surface area contributed by atoms with Crippen LogP contribution >= 0.6 is 0 Å². The summed E-state index contributed by atoms with van der Waals surface area (Å²) in [6.07, 6.45) is 2.67. The van der Waals surface area contributed by atoms with Gasteiger partial charge in [0, 0.05) is 20.2 Å². The quantitative estimate of drug-likeness (QED) is 0.772. The highest BCUT2D eigenvalue weighted by Crippen LogP contribution is 2.18. The molecule has 0 aliphatic carbocycles. The summed E-state index contributed by atoms with van der Waals surface area (Å²) in [4.78, 5) is 13.8. The minimum absolute atomic E-state index is 0.00539. The van der Waals surface area contributed by atoms with E-state index in [2.05, 4.69) is 10.3 Å². The second-order valence-corrected chi connectivity index (χ2v) is 4.55. The zero-order valence-electron chi connectivity index (χ0n) is 10.7. The molecule has 0 saturated carbocycles. The van der Waals surface area contributed by atoms with Gasteiger partial charge in [0.05, 0.1) is 24.0 Å². The Labute approximate surface area is 106 Å². The Bertz CT molecular complexity index is 419. The summed E-state index contributed by atoms with van der Waals surface area (Å²) in [5.41, 5.74) is 6.13. The summed E-state index contributed by atoms with van der Waals surface area (Å²) in [5, 5.41) is 7.72. The number of hydrogen-bond donors (Lipinski definition) is 1. The lowest BCUT2D eigenvalue weighted by Gasteiger charge is -2.26. The van der Waals surface area contributed by atoms with Gasteiger partial charge in [0.15, 0.2) is 0 Å². The van der Waals surface area contributed by atoms with E-state index in [0.717, 1.165) is 6.42 Å². The van der Waals surface area contributed by atoms with Crippen molar-refractivity contribution >= 4 is 5.91 Å². The lowest BCUT2D eigenvalue weighted by atomic mass is 10.1. The van der Waals surface area contributed by atoms with Gasteiger partial charge in [-0.05, 0) is 13.3 Å². The van der Waals surface area contributed by atoms with Crippen LogP contribution in [-0.4, -0.2) is 51.6 Å². The van der Waals surface area contributed by atoms with Gasteiger partial charge in [0.25, 0.3) is 0 Å². The molecule has 1 fully saturated rings. The standard InChI is InChI=1S/C11H19N5O2/c1-8-10(3-4-18-8)15(2)11(17)7-16-6-9(5-12)13-14-16/h6,8,10H,3-5,7,12H2,1-2H3. The van der Waals surface area contributed by atoms with Crippen LogP contribution < -0.4 is 5.73 Å². The average molecular weight is 253 g/mol. The number of carbonyl (C=O) groups excluding carboxylic acids is 1. The second kappa shape index (κ2) is 5.45. The fourth-order valence-electron chi connectivity index (χ4n) is 2.17. The third-order valence-corrected chi connectivity index (χ3v) is 3.32. The van der Waals surface area contributed by atoms with Crippen molar-refractivity contribution in [2.24, 2.45) is 5.73 Å². The molecule has 1 saturated heterocycles.